The lowest BCUT2D eigenvalue weighted by Gasteiger charge is -2.16. The molecular formula is C18H15ClN2O. The first kappa shape index (κ1) is 14.4. The number of hydrogen-bond acceptors (Lipinski definition) is 2. The van der Waals surface area contributed by atoms with Gasteiger partial charge in [0.15, 0.2) is 12.4 Å². The summed E-state index contributed by atoms with van der Waals surface area (Å²) in [5.74, 6) is 0.858. The Morgan fingerprint density at radius 1 is 1.00 bits per heavy atom. The van der Waals surface area contributed by atoms with Gasteiger partial charge in [-0.1, -0.05) is 30.3 Å². The Labute approximate surface area is 135 Å². The van der Waals surface area contributed by atoms with Gasteiger partial charge in [-0.2, -0.15) is 4.57 Å². The van der Waals surface area contributed by atoms with Crippen LogP contribution >= 0.6 is 0 Å². The van der Waals surface area contributed by atoms with Gasteiger partial charge in [-0.15, -0.1) is 0 Å². The number of rotatable bonds is 2. The summed E-state index contributed by atoms with van der Waals surface area (Å²) >= 11 is 0. The van der Waals surface area contributed by atoms with Crippen molar-refractivity contribution in [1.29, 1.82) is 0 Å². The largest absolute Gasteiger partial charge is 1.00 e. The first-order chi connectivity index (χ1) is 10.3. The maximum absolute atomic E-state index is 5.40. The zero-order chi connectivity index (χ0) is 14.2. The summed E-state index contributed by atoms with van der Waals surface area (Å²) in [6.45, 7) is 0. The molecule has 0 unspecified atom stereocenters. The smallest absolute Gasteiger partial charge is 0.241 e. The number of pyridine rings is 1. The van der Waals surface area contributed by atoms with Crippen molar-refractivity contribution in [2.75, 3.05) is 12.4 Å². The van der Waals surface area contributed by atoms with Gasteiger partial charge in [0.1, 0.15) is 17.1 Å². The van der Waals surface area contributed by atoms with E-state index in [0.29, 0.717) is 0 Å². The van der Waals surface area contributed by atoms with Gasteiger partial charge in [-0.25, -0.2) is 0 Å². The van der Waals surface area contributed by atoms with Crippen LogP contribution in [0.4, 0.5) is 5.69 Å². The fourth-order valence-electron chi connectivity index (χ4n) is 2.76. The van der Waals surface area contributed by atoms with E-state index in [-0.39, 0.29) is 12.4 Å². The van der Waals surface area contributed by atoms with Crippen LogP contribution in [0.15, 0.2) is 60.8 Å². The second-order valence-corrected chi connectivity index (χ2v) is 5.06. The number of nitrogens with one attached hydrogen (secondary N) is 1. The summed E-state index contributed by atoms with van der Waals surface area (Å²) in [5, 5.41) is 4.67. The molecule has 0 bridgehead atoms. The van der Waals surface area contributed by atoms with Crippen molar-refractivity contribution in [2.45, 2.75) is 0 Å². The van der Waals surface area contributed by atoms with Gasteiger partial charge in [0, 0.05) is 17.7 Å². The molecule has 0 spiro atoms. The van der Waals surface area contributed by atoms with Crippen LogP contribution in [0.5, 0.6) is 5.75 Å². The number of halogens is 1. The summed E-state index contributed by atoms with van der Waals surface area (Å²) in [4.78, 5) is 0. The molecule has 0 atom stereocenters. The van der Waals surface area contributed by atoms with Crippen LogP contribution < -0.4 is 27.0 Å². The lowest BCUT2D eigenvalue weighted by Crippen LogP contribution is -3.00. The van der Waals surface area contributed by atoms with Crippen molar-refractivity contribution >= 4 is 28.5 Å². The van der Waals surface area contributed by atoms with Gasteiger partial charge in [-0.3, -0.25) is 0 Å². The SMILES string of the molecule is COc1cc2c3c(ccc[n+]3C=C(c3ccccc3)N2)c1.[Cl-]. The van der Waals surface area contributed by atoms with Crippen LogP contribution in [-0.2, 0) is 0 Å². The van der Waals surface area contributed by atoms with Crippen LogP contribution in [0.3, 0.4) is 0 Å². The number of methoxy groups -OCH3 is 1. The van der Waals surface area contributed by atoms with Crippen molar-refractivity contribution in [3.8, 4) is 5.75 Å². The van der Waals surface area contributed by atoms with Gasteiger partial charge in [-0.05, 0) is 12.1 Å². The molecule has 2 heterocycles. The van der Waals surface area contributed by atoms with E-state index in [4.69, 9.17) is 4.74 Å². The van der Waals surface area contributed by atoms with Gasteiger partial charge in [0.05, 0.1) is 12.5 Å². The molecule has 0 radical (unpaired) electrons. The third-order valence-corrected chi connectivity index (χ3v) is 3.75. The molecule has 1 aromatic heterocycles. The number of nitrogens with zero attached hydrogens (tertiary/aromatic N) is 1. The highest BCUT2D eigenvalue weighted by Crippen LogP contribution is 2.32. The van der Waals surface area contributed by atoms with Gasteiger partial charge < -0.3 is 22.5 Å². The molecule has 2 aromatic carbocycles. The van der Waals surface area contributed by atoms with Crippen LogP contribution in [0.2, 0.25) is 0 Å². The van der Waals surface area contributed by atoms with Crippen LogP contribution in [0.1, 0.15) is 5.56 Å². The van der Waals surface area contributed by atoms with E-state index in [1.165, 1.54) is 0 Å². The monoisotopic (exact) mass is 310 g/mol. The minimum atomic E-state index is 0. The first-order valence-corrected chi connectivity index (χ1v) is 6.91. The fourth-order valence-corrected chi connectivity index (χ4v) is 2.76. The third kappa shape index (κ3) is 2.30. The quantitative estimate of drug-likeness (QED) is 0.698. The van der Waals surface area contributed by atoms with Crippen molar-refractivity contribution in [2.24, 2.45) is 0 Å². The Hall–Kier alpha value is -2.52. The number of hydrogen-bond donors (Lipinski definition) is 1. The Morgan fingerprint density at radius 3 is 2.59 bits per heavy atom. The second-order valence-electron chi connectivity index (χ2n) is 5.06. The predicted molar refractivity (Wildman–Crippen MR) is 84.9 cm³/mol. The van der Waals surface area contributed by atoms with Crippen LogP contribution in [-0.4, -0.2) is 7.11 Å². The molecule has 0 saturated heterocycles. The van der Waals surface area contributed by atoms with E-state index < -0.39 is 0 Å². The number of ether oxygens (including phenoxy) is 1. The lowest BCUT2D eigenvalue weighted by atomic mass is 10.1. The molecule has 22 heavy (non-hydrogen) atoms. The third-order valence-electron chi connectivity index (χ3n) is 3.75. The first-order valence-electron chi connectivity index (χ1n) is 6.91. The fraction of sp³-hybridized carbons (Fsp3) is 0.0556. The highest BCUT2D eigenvalue weighted by Gasteiger charge is 2.21. The Balaban J connectivity index is 0.00000144. The van der Waals surface area contributed by atoms with Crippen molar-refractivity contribution in [1.82, 2.24) is 0 Å². The Bertz CT molecular complexity index is 860. The Morgan fingerprint density at radius 2 is 1.82 bits per heavy atom. The number of aromatic nitrogens is 1. The molecule has 1 N–H and O–H groups in total. The average Bonchev–Trinajstić information content (AvgIpc) is 2.55. The standard InChI is InChI=1S/C18H15N2O.ClH/c1-21-15-10-14-8-5-9-20-12-17(13-6-3-2-4-7-13)19-16(11-15)18(14)20;/h2-12,19H,1H3;1H/q+1;/p-1. The van der Waals surface area contributed by atoms with Gasteiger partial charge in [0.25, 0.3) is 0 Å². The van der Waals surface area contributed by atoms with Gasteiger partial charge >= 0.3 is 0 Å². The molecule has 0 fully saturated rings. The van der Waals surface area contributed by atoms with Crippen molar-refractivity contribution < 1.29 is 21.7 Å². The zero-order valence-electron chi connectivity index (χ0n) is 12.1. The maximum Gasteiger partial charge on any atom is 0.241 e. The number of benzene rings is 2. The molecule has 110 valence electrons. The second kappa shape index (κ2) is 5.70. The van der Waals surface area contributed by atoms with Crippen molar-refractivity contribution in [3.05, 3.63) is 66.4 Å². The molecule has 0 aliphatic carbocycles. The molecule has 1 aliphatic rings. The van der Waals surface area contributed by atoms with E-state index in [0.717, 1.165) is 33.6 Å². The topological polar surface area (TPSA) is 25.1 Å². The summed E-state index contributed by atoms with van der Waals surface area (Å²) < 4.78 is 7.56. The van der Waals surface area contributed by atoms with Gasteiger partial charge in [0.2, 0.25) is 5.52 Å². The summed E-state index contributed by atoms with van der Waals surface area (Å²) in [6, 6.07) is 18.6. The minimum absolute atomic E-state index is 0. The molecule has 0 saturated carbocycles. The summed E-state index contributed by atoms with van der Waals surface area (Å²) in [6.07, 6.45) is 4.19. The minimum Gasteiger partial charge on any atom is -1.00 e. The molecular weight excluding hydrogens is 296 g/mol. The van der Waals surface area contributed by atoms with Crippen LogP contribution in [0.25, 0.3) is 22.8 Å². The molecule has 3 aromatic rings. The van der Waals surface area contributed by atoms with E-state index in [9.17, 15) is 0 Å². The Kier molecular flexibility index (Phi) is 3.73. The molecule has 0 amide bonds. The summed E-state index contributed by atoms with van der Waals surface area (Å²) in [5.41, 5.74) is 4.47. The van der Waals surface area contributed by atoms with E-state index in [1.54, 1.807) is 7.11 Å². The van der Waals surface area contributed by atoms with Crippen molar-refractivity contribution in [3.63, 3.8) is 0 Å². The van der Waals surface area contributed by atoms with Crippen LogP contribution in [0, 0.1) is 0 Å². The molecule has 4 heteroatoms. The predicted octanol–water partition coefficient (Wildman–Crippen LogP) is 0.521. The molecule has 3 nitrogen and oxygen atoms in total. The highest BCUT2D eigenvalue weighted by molar-refractivity contribution is 5.97. The summed E-state index contributed by atoms with van der Waals surface area (Å²) in [7, 11) is 1.70. The average molecular weight is 311 g/mol. The van der Waals surface area contributed by atoms with E-state index in [1.807, 2.05) is 24.3 Å². The van der Waals surface area contributed by atoms with E-state index >= 15 is 0 Å². The molecule has 4 rings (SSSR count). The van der Waals surface area contributed by atoms with E-state index in [2.05, 4.69) is 52.6 Å². The maximum atomic E-state index is 5.40. The number of anilines is 1. The normalized spacial score (nSPS) is 12.1. The lowest BCUT2D eigenvalue weighted by molar-refractivity contribution is -0.538. The zero-order valence-corrected chi connectivity index (χ0v) is 12.8. The highest BCUT2D eigenvalue weighted by atomic mass is 35.5. The molecule has 1 aliphatic heterocycles.